The SMILES string of the molecule is COC(=O)C1=C(C(=O)OC)N(c2cc(C(F)(F)F)ccc2N2CCCC2)C=CC=C1. The van der Waals surface area contributed by atoms with Crippen LogP contribution in [0.5, 0.6) is 0 Å². The molecule has 1 saturated heterocycles. The highest BCUT2D eigenvalue weighted by Gasteiger charge is 2.35. The van der Waals surface area contributed by atoms with Crippen LogP contribution in [0, 0.1) is 0 Å². The molecule has 9 heteroatoms. The number of anilines is 2. The molecule has 0 atom stereocenters. The third kappa shape index (κ3) is 4.19. The summed E-state index contributed by atoms with van der Waals surface area (Å²) in [6.45, 7) is 1.35. The highest BCUT2D eigenvalue weighted by atomic mass is 19.4. The van der Waals surface area contributed by atoms with Gasteiger partial charge in [0.15, 0.2) is 0 Å². The number of carbonyl (C=O) groups is 2. The molecule has 0 saturated carbocycles. The number of benzene rings is 1. The average molecular weight is 422 g/mol. The van der Waals surface area contributed by atoms with Crippen LogP contribution in [-0.2, 0) is 25.2 Å². The molecular weight excluding hydrogens is 401 g/mol. The fourth-order valence-corrected chi connectivity index (χ4v) is 3.47. The molecule has 2 aliphatic heterocycles. The van der Waals surface area contributed by atoms with Gasteiger partial charge in [0.25, 0.3) is 0 Å². The second-order valence-corrected chi connectivity index (χ2v) is 6.71. The third-order valence-corrected chi connectivity index (χ3v) is 4.90. The molecule has 0 amide bonds. The van der Waals surface area contributed by atoms with E-state index in [0.717, 1.165) is 39.2 Å². The largest absolute Gasteiger partial charge is 0.465 e. The van der Waals surface area contributed by atoms with Crippen LogP contribution < -0.4 is 9.80 Å². The van der Waals surface area contributed by atoms with Gasteiger partial charge in [-0.1, -0.05) is 6.08 Å². The van der Waals surface area contributed by atoms with Crippen LogP contribution in [0.3, 0.4) is 0 Å². The lowest BCUT2D eigenvalue weighted by Crippen LogP contribution is -2.29. The van der Waals surface area contributed by atoms with Gasteiger partial charge in [-0.15, -0.1) is 0 Å². The number of carbonyl (C=O) groups excluding carboxylic acids is 2. The predicted molar refractivity (Wildman–Crippen MR) is 105 cm³/mol. The summed E-state index contributed by atoms with van der Waals surface area (Å²) < 4.78 is 50.0. The van der Waals surface area contributed by atoms with Crippen LogP contribution in [0.1, 0.15) is 18.4 Å². The van der Waals surface area contributed by atoms with Crippen molar-refractivity contribution in [1.82, 2.24) is 0 Å². The van der Waals surface area contributed by atoms with Crippen molar-refractivity contribution in [3.8, 4) is 0 Å². The molecule has 0 radical (unpaired) electrons. The Hall–Kier alpha value is -3.23. The first-order valence-electron chi connectivity index (χ1n) is 9.29. The van der Waals surface area contributed by atoms with Crippen molar-refractivity contribution in [2.45, 2.75) is 19.0 Å². The van der Waals surface area contributed by atoms with Crippen LogP contribution in [0.2, 0.25) is 0 Å². The monoisotopic (exact) mass is 422 g/mol. The maximum absolute atomic E-state index is 13.5. The molecule has 30 heavy (non-hydrogen) atoms. The molecule has 3 rings (SSSR count). The fourth-order valence-electron chi connectivity index (χ4n) is 3.47. The molecule has 0 aromatic heterocycles. The number of rotatable bonds is 4. The molecule has 2 heterocycles. The molecule has 0 spiro atoms. The number of halogens is 3. The predicted octanol–water partition coefficient (Wildman–Crippen LogP) is 3.80. The van der Waals surface area contributed by atoms with Crippen LogP contribution in [0.25, 0.3) is 0 Å². The Balaban J connectivity index is 2.26. The van der Waals surface area contributed by atoms with Gasteiger partial charge in [0.1, 0.15) is 5.70 Å². The van der Waals surface area contributed by atoms with Gasteiger partial charge in [0, 0.05) is 19.3 Å². The molecule has 0 unspecified atom stereocenters. The summed E-state index contributed by atoms with van der Waals surface area (Å²) in [6, 6.07) is 3.38. The van der Waals surface area contributed by atoms with Crippen molar-refractivity contribution >= 4 is 23.3 Å². The Morgan fingerprint density at radius 2 is 1.63 bits per heavy atom. The summed E-state index contributed by atoms with van der Waals surface area (Å²) in [7, 11) is 2.29. The topological polar surface area (TPSA) is 59.1 Å². The lowest BCUT2D eigenvalue weighted by atomic mass is 10.1. The normalized spacial score (nSPS) is 16.7. The number of esters is 2. The minimum absolute atomic E-state index is 0.119. The number of nitrogens with zero attached hydrogens (tertiary/aromatic N) is 2. The van der Waals surface area contributed by atoms with Gasteiger partial charge < -0.3 is 19.3 Å². The van der Waals surface area contributed by atoms with Crippen molar-refractivity contribution in [2.24, 2.45) is 0 Å². The van der Waals surface area contributed by atoms with Crippen LogP contribution in [0.4, 0.5) is 24.5 Å². The number of alkyl halides is 3. The second kappa shape index (κ2) is 8.64. The first-order valence-corrected chi connectivity index (χ1v) is 9.29. The molecule has 1 fully saturated rings. The van der Waals surface area contributed by atoms with Gasteiger partial charge in [-0.25, -0.2) is 9.59 Å². The standard InChI is InChI=1S/C21H21F3N2O4/c1-29-19(27)15-7-3-4-12-26(18(15)20(28)30-2)17-13-14(21(22,23)24)8-9-16(17)25-10-5-6-11-25/h3-4,7-9,12-13H,5-6,10-11H2,1-2H3. The van der Waals surface area contributed by atoms with Crippen molar-refractivity contribution in [3.63, 3.8) is 0 Å². The Kier molecular flexibility index (Phi) is 6.19. The van der Waals surface area contributed by atoms with Crippen LogP contribution in [0.15, 0.2) is 53.9 Å². The first kappa shape index (κ1) is 21.5. The van der Waals surface area contributed by atoms with Gasteiger partial charge in [0.2, 0.25) is 0 Å². The van der Waals surface area contributed by atoms with E-state index >= 15 is 0 Å². The summed E-state index contributed by atoms with van der Waals surface area (Å²) >= 11 is 0. The zero-order valence-corrected chi connectivity index (χ0v) is 16.5. The molecule has 160 valence electrons. The lowest BCUT2D eigenvalue weighted by Gasteiger charge is -2.30. The lowest BCUT2D eigenvalue weighted by molar-refractivity contribution is -0.139. The molecule has 2 aliphatic rings. The second-order valence-electron chi connectivity index (χ2n) is 6.71. The van der Waals surface area contributed by atoms with E-state index in [1.807, 2.05) is 4.90 Å². The van der Waals surface area contributed by atoms with E-state index in [-0.39, 0.29) is 17.0 Å². The van der Waals surface area contributed by atoms with E-state index in [1.54, 1.807) is 0 Å². The zero-order valence-electron chi connectivity index (χ0n) is 16.5. The summed E-state index contributed by atoms with van der Waals surface area (Å²) in [5.74, 6) is -1.69. The molecule has 0 aliphatic carbocycles. The van der Waals surface area contributed by atoms with Gasteiger partial charge in [-0.3, -0.25) is 0 Å². The van der Waals surface area contributed by atoms with Crippen molar-refractivity contribution < 1.29 is 32.2 Å². The fraction of sp³-hybridized carbons (Fsp3) is 0.333. The van der Waals surface area contributed by atoms with E-state index in [1.165, 1.54) is 35.4 Å². The van der Waals surface area contributed by atoms with Gasteiger partial charge in [-0.2, -0.15) is 13.2 Å². The minimum Gasteiger partial charge on any atom is -0.465 e. The number of ether oxygens (including phenoxy) is 2. The maximum Gasteiger partial charge on any atom is 0.416 e. The molecule has 0 N–H and O–H groups in total. The number of hydrogen-bond acceptors (Lipinski definition) is 6. The highest BCUT2D eigenvalue weighted by Crippen LogP contribution is 2.40. The van der Waals surface area contributed by atoms with E-state index in [9.17, 15) is 22.8 Å². The maximum atomic E-state index is 13.5. The molecule has 1 aromatic carbocycles. The smallest absolute Gasteiger partial charge is 0.416 e. The molecule has 1 aromatic rings. The molecule has 0 bridgehead atoms. The van der Waals surface area contributed by atoms with Crippen molar-refractivity contribution in [2.75, 3.05) is 37.1 Å². The highest BCUT2D eigenvalue weighted by molar-refractivity contribution is 6.06. The van der Waals surface area contributed by atoms with E-state index in [0.29, 0.717) is 18.8 Å². The summed E-state index contributed by atoms with van der Waals surface area (Å²) in [4.78, 5) is 28.1. The third-order valence-electron chi connectivity index (χ3n) is 4.90. The number of methoxy groups -OCH3 is 2. The Bertz CT molecular complexity index is 929. The van der Waals surface area contributed by atoms with Gasteiger partial charge >= 0.3 is 18.1 Å². The first-order chi connectivity index (χ1) is 14.3. The van der Waals surface area contributed by atoms with Crippen LogP contribution in [-0.4, -0.2) is 39.2 Å². The summed E-state index contributed by atoms with van der Waals surface area (Å²) in [6.07, 6.45) is 3.04. The number of hydrogen-bond donors (Lipinski definition) is 0. The molecular formula is C21H21F3N2O4. The van der Waals surface area contributed by atoms with Gasteiger partial charge in [0.05, 0.1) is 36.7 Å². The van der Waals surface area contributed by atoms with Crippen LogP contribution >= 0.6 is 0 Å². The minimum atomic E-state index is -4.58. The van der Waals surface area contributed by atoms with E-state index < -0.39 is 23.7 Å². The Morgan fingerprint density at radius 1 is 0.967 bits per heavy atom. The quantitative estimate of drug-likeness (QED) is 0.688. The Labute approximate surface area is 171 Å². The average Bonchev–Trinajstić information content (AvgIpc) is 3.17. The van der Waals surface area contributed by atoms with Crippen molar-refractivity contribution in [1.29, 1.82) is 0 Å². The van der Waals surface area contributed by atoms with E-state index in [4.69, 9.17) is 9.47 Å². The zero-order chi connectivity index (χ0) is 21.9. The Morgan fingerprint density at radius 3 is 2.23 bits per heavy atom. The van der Waals surface area contributed by atoms with E-state index in [2.05, 4.69) is 0 Å². The number of allylic oxidation sites excluding steroid dienone is 2. The summed E-state index contributed by atoms with van der Waals surface area (Å²) in [5, 5.41) is 0. The van der Waals surface area contributed by atoms with Gasteiger partial charge in [-0.05, 0) is 43.2 Å². The summed E-state index contributed by atoms with van der Waals surface area (Å²) in [5.41, 5.74) is -0.575. The van der Waals surface area contributed by atoms with Crippen molar-refractivity contribution in [3.05, 3.63) is 59.5 Å². The molecule has 6 nitrogen and oxygen atoms in total.